The van der Waals surface area contributed by atoms with Crippen LogP contribution in [0.15, 0.2) is 72.8 Å². The molecule has 3 aromatic carbocycles. The third kappa shape index (κ3) is 5.24. The molecule has 5 rings (SSSR count). The second-order valence-electron chi connectivity index (χ2n) is 9.63. The van der Waals surface area contributed by atoms with Crippen molar-refractivity contribution in [1.29, 1.82) is 0 Å². The molecule has 0 aromatic heterocycles. The minimum absolute atomic E-state index is 0.0244. The number of rotatable bonds is 7. The second-order valence-corrected chi connectivity index (χ2v) is 10.0. The third-order valence-electron chi connectivity index (χ3n) is 7.19. The van der Waals surface area contributed by atoms with Gasteiger partial charge in [0.1, 0.15) is 5.82 Å². The topological polar surface area (TPSA) is 52.7 Å². The molecule has 2 atom stereocenters. The molecule has 0 spiro atoms. The molecule has 0 bridgehead atoms. The Balaban J connectivity index is 1.12. The summed E-state index contributed by atoms with van der Waals surface area (Å²) in [7, 11) is 0. The molecule has 1 N–H and O–H groups in total. The van der Waals surface area contributed by atoms with Gasteiger partial charge in [0.15, 0.2) is 0 Å². The molecule has 0 aliphatic carbocycles. The van der Waals surface area contributed by atoms with Crippen molar-refractivity contribution in [2.24, 2.45) is 11.8 Å². The molecule has 36 heavy (non-hydrogen) atoms. The summed E-state index contributed by atoms with van der Waals surface area (Å²) in [6, 6.07) is 22.2. The van der Waals surface area contributed by atoms with Gasteiger partial charge in [0.05, 0.1) is 10.6 Å². The van der Waals surface area contributed by atoms with Gasteiger partial charge in [-0.3, -0.25) is 9.59 Å². The van der Waals surface area contributed by atoms with E-state index < -0.39 is 5.82 Å². The van der Waals surface area contributed by atoms with Crippen molar-refractivity contribution in [2.75, 3.05) is 37.6 Å². The SMILES string of the molecule is O=C(NCCCc1cccc(N2CC3CN(C(=O)c4c(F)cccc4Cl)CC3C2)c1)c1ccccc1. The van der Waals surface area contributed by atoms with Crippen molar-refractivity contribution >= 4 is 29.1 Å². The van der Waals surface area contributed by atoms with Gasteiger partial charge in [-0.1, -0.05) is 48.0 Å². The molecular formula is C29H29ClFN3O2. The van der Waals surface area contributed by atoms with Crippen molar-refractivity contribution in [3.05, 3.63) is 100 Å². The predicted molar refractivity (Wildman–Crippen MR) is 140 cm³/mol. The van der Waals surface area contributed by atoms with Crippen molar-refractivity contribution in [3.63, 3.8) is 0 Å². The number of anilines is 1. The van der Waals surface area contributed by atoms with Gasteiger partial charge in [0, 0.05) is 55.8 Å². The molecule has 2 aliphatic heterocycles. The molecule has 2 unspecified atom stereocenters. The number of aryl methyl sites for hydroxylation is 1. The van der Waals surface area contributed by atoms with Gasteiger partial charge in [-0.2, -0.15) is 0 Å². The van der Waals surface area contributed by atoms with Crippen molar-refractivity contribution in [1.82, 2.24) is 10.2 Å². The molecule has 5 nitrogen and oxygen atoms in total. The van der Waals surface area contributed by atoms with E-state index in [-0.39, 0.29) is 22.4 Å². The average Bonchev–Trinajstić information content (AvgIpc) is 3.47. The highest BCUT2D eigenvalue weighted by Crippen LogP contribution is 2.35. The van der Waals surface area contributed by atoms with Crippen LogP contribution in [0.25, 0.3) is 0 Å². The van der Waals surface area contributed by atoms with Crippen LogP contribution in [0.3, 0.4) is 0 Å². The van der Waals surface area contributed by atoms with Crippen molar-refractivity contribution in [2.45, 2.75) is 12.8 Å². The van der Waals surface area contributed by atoms with Gasteiger partial charge in [0.2, 0.25) is 0 Å². The number of nitrogens with zero attached hydrogens (tertiary/aromatic N) is 2. The number of amides is 2. The Morgan fingerprint density at radius 2 is 1.64 bits per heavy atom. The summed E-state index contributed by atoms with van der Waals surface area (Å²) in [6.45, 7) is 3.60. The molecule has 2 heterocycles. The van der Waals surface area contributed by atoms with Gasteiger partial charge in [0.25, 0.3) is 11.8 Å². The number of halogens is 2. The van der Waals surface area contributed by atoms with Gasteiger partial charge in [-0.25, -0.2) is 4.39 Å². The van der Waals surface area contributed by atoms with Crippen LogP contribution in [0.1, 0.15) is 32.7 Å². The van der Waals surface area contributed by atoms with Crippen LogP contribution < -0.4 is 10.2 Å². The lowest BCUT2D eigenvalue weighted by Gasteiger charge is -2.24. The van der Waals surface area contributed by atoms with E-state index in [2.05, 4.69) is 34.5 Å². The molecule has 0 radical (unpaired) electrons. The highest BCUT2D eigenvalue weighted by Gasteiger charge is 2.42. The standard InChI is InChI=1S/C29H29ClFN3O2/c30-25-12-5-13-26(31)27(25)29(36)34-18-22-16-33(17-23(22)19-34)24-11-4-7-20(15-24)8-6-14-32-28(35)21-9-2-1-3-10-21/h1-5,7,9-13,15,22-23H,6,8,14,16-19H2,(H,32,35). The maximum atomic E-state index is 14.2. The lowest BCUT2D eigenvalue weighted by atomic mass is 10.0. The van der Waals surface area contributed by atoms with E-state index >= 15 is 0 Å². The van der Waals surface area contributed by atoms with Gasteiger partial charge < -0.3 is 15.1 Å². The molecule has 7 heteroatoms. The lowest BCUT2D eigenvalue weighted by molar-refractivity contribution is 0.0777. The summed E-state index contributed by atoms with van der Waals surface area (Å²) in [5.41, 5.74) is 3.08. The average molecular weight is 506 g/mol. The zero-order valence-electron chi connectivity index (χ0n) is 20.0. The fraction of sp³-hybridized carbons (Fsp3) is 0.310. The summed E-state index contributed by atoms with van der Waals surface area (Å²) in [5.74, 6) is -0.214. The third-order valence-corrected chi connectivity index (χ3v) is 7.50. The molecule has 2 fully saturated rings. The molecule has 3 aromatic rings. The number of benzene rings is 3. The maximum absolute atomic E-state index is 14.2. The van der Waals surface area contributed by atoms with E-state index in [0.29, 0.717) is 37.0 Å². The first-order valence-corrected chi connectivity index (χ1v) is 12.8. The Kier molecular flexibility index (Phi) is 7.23. The van der Waals surface area contributed by atoms with E-state index in [0.717, 1.165) is 25.9 Å². The second kappa shape index (κ2) is 10.7. The Labute approximate surface area is 215 Å². The van der Waals surface area contributed by atoms with E-state index in [1.807, 2.05) is 30.3 Å². The Hall–Kier alpha value is -3.38. The molecule has 2 amide bonds. The first-order chi connectivity index (χ1) is 17.5. The summed E-state index contributed by atoms with van der Waals surface area (Å²) in [5, 5.41) is 3.15. The number of carbonyl (C=O) groups is 2. The number of likely N-dealkylation sites (tertiary alicyclic amines) is 1. The highest BCUT2D eigenvalue weighted by molar-refractivity contribution is 6.33. The number of nitrogens with one attached hydrogen (secondary N) is 1. The summed E-state index contributed by atoms with van der Waals surface area (Å²) >= 11 is 6.11. The van der Waals surface area contributed by atoms with Crippen LogP contribution in [0.4, 0.5) is 10.1 Å². The largest absolute Gasteiger partial charge is 0.371 e. The monoisotopic (exact) mass is 505 g/mol. The molecule has 186 valence electrons. The van der Waals surface area contributed by atoms with Gasteiger partial charge in [-0.05, 0) is 54.8 Å². The first kappa shape index (κ1) is 24.3. The normalized spacial score (nSPS) is 18.8. The minimum Gasteiger partial charge on any atom is -0.371 e. The van der Waals surface area contributed by atoms with E-state index in [1.54, 1.807) is 11.0 Å². The highest BCUT2D eigenvalue weighted by atomic mass is 35.5. The van der Waals surface area contributed by atoms with E-state index in [9.17, 15) is 14.0 Å². The number of carbonyl (C=O) groups excluding carboxylic acids is 2. The Morgan fingerprint density at radius 1 is 0.917 bits per heavy atom. The maximum Gasteiger partial charge on any atom is 0.258 e. The quantitative estimate of drug-likeness (QED) is 0.457. The zero-order chi connectivity index (χ0) is 25.1. The zero-order valence-corrected chi connectivity index (χ0v) is 20.8. The smallest absolute Gasteiger partial charge is 0.258 e. The van der Waals surface area contributed by atoms with Crippen molar-refractivity contribution < 1.29 is 14.0 Å². The Bertz CT molecular complexity index is 1220. The van der Waals surface area contributed by atoms with E-state index in [4.69, 9.17) is 11.6 Å². The van der Waals surface area contributed by atoms with E-state index in [1.165, 1.54) is 23.4 Å². The van der Waals surface area contributed by atoms with Crippen molar-refractivity contribution in [3.8, 4) is 0 Å². The molecule has 0 saturated carbocycles. The fourth-order valence-corrected chi connectivity index (χ4v) is 5.57. The first-order valence-electron chi connectivity index (χ1n) is 12.4. The number of hydrogen-bond acceptors (Lipinski definition) is 3. The van der Waals surface area contributed by atoms with Crippen LogP contribution in [0, 0.1) is 17.7 Å². The molecular weight excluding hydrogens is 477 g/mol. The Morgan fingerprint density at radius 3 is 2.36 bits per heavy atom. The predicted octanol–water partition coefficient (Wildman–Crippen LogP) is 5.05. The van der Waals surface area contributed by atoms with Crippen LogP contribution in [0.5, 0.6) is 0 Å². The lowest BCUT2D eigenvalue weighted by Crippen LogP contribution is -2.34. The van der Waals surface area contributed by atoms with Crippen LogP contribution in [-0.4, -0.2) is 49.4 Å². The summed E-state index contributed by atoms with van der Waals surface area (Å²) in [4.78, 5) is 29.2. The van der Waals surface area contributed by atoms with Gasteiger partial charge in [-0.15, -0.1) is 0 Å². The molecule has 2 saturated heterocycles. The fourth-order valence-electron chi connectivity index (χ4n) is 5.32. The van der Waals surface area contributed by atoms with Crippen LogP contribution in [0.2, 0.25) is 5.02 Å². The number of fused-ring (bicyclic) bond motifs is 1. The molecule has 2 aliphatic rings. The van der Waals surface area contributed by atoms with Crippen LogP contribution in [-0.2, 0) is 6.42 Å². The summed E-state index contributed by atoms with van der Waals surface area (Å²) in [6.07, 6.45) is 1.75. The van der Waals surface area contributed by atoms with Crippen LogP contribution >= 0.6 is 11.6 Å². The minimum atomic E-state index is -0.567. The number of hydrogen-bond donors (Lipinski definition) is 1. The summed E-state index contributed by atoms with van der Waals surface area (Å²) < 4.78 is 14.2. The van der Waals surface area contributed by atoms with Gasteiger partial charge >= 0.3 is 0 Å².